The van der Waals surface area contributed by atoms with Crippen LogP contribution in [0.25, 0.3) is 0 Å². The average Bonchev–Trinajstić information content (AvgIpc) is 3.29. The fraction of sp³-hybridized carbons (Fsp3) is 0.562. The molecule has 0 aromatic heterocycles. The molecule has 4 nitrogen and oxygen atoms in total. The first-order valence-electron chi connectivity index (χ1n) is 7.20. The minimum absolute atomic E-state index is 0.0831. The molecule has 0 bridgehead atoms. The van der Waals surface area contributed by atoms with Gasteiger partial charge in [-0.15, -0.1) is 0 Å². The maximum atomic E-state index is 12.6. The van der Waals surface area contributed by atoms with Crippen LogP contribution in [-0.2, 0) is 0 Å². The summed E-state index contributed by atoms with van der Waals surface area (Å²) >= 11 is 0. The molecule has 0 heterocycles. The van der Waals surface area contributed by atoms with Crippen LogP contribution in [0.2, 0.25) is 0 Å². The molecule has 0 spiro atoms. The monoisotopic (exact) mass is 277 g/mol. The summed E-state index contributed by atoms with van der Waals surface area (Å²) in [6.07, 6.45) is 3.48. The first-order valence-corrected chi connectivity index (χ1v) is 7.20. The number of methoxy groups -OCH3 is 2. The minimum atomic E-state index is 0.0831. The maximum absolute atomic E-state index is 12.6. The van der Waals surface area contributed by atoms with Crippen molar-refractivity contribution in [2.24, 2.45) is 5.92 Å². The third-order valence-corrected chi connectivity index (χ3v) is 3.59. The van der Waals surface area contributed by atoms with E-state index in [1.54, 1.807) is 32.4 Å². The Labute approximate surface area is 120 Å². The van der Waals surface area contributed by atoms with Crippen molar-refractivity contribution in [2.75, 3.05) is 27.3 Å². The molecule has 1 fully saturated rings. The minimum Gasteiger partial charge on any atom is -0.493 e. The van der Waals surface area contributed by atoms with Crippen molar-refractivity contribution >= 4 is 5.91 Å². The second-order valence-electron chi connectivity index (χ2n) is 5.26. The topological polar surface area (TPSA) is 38.8 Å². The molecule has 4 heteroatoms. The predicted octanol–water partition coefficient (Wildman–Crippen LogP) is 2.97. The summed E-state index contributed by atoms with van der Waals surface area (Å²) in [5, 5.41) is 0. The molecule has 1 amide bonds. The molecule has 110 valence electrons. The van der Waals surface area contributed by atoms with E-state index in [1.807, 2.05) is 4.90 Å². The third kappa shape index (κ3) is 3.44. The normalized spacial score (nSPS) is 13.9. The number of hydrogen-bond acceptors (Lipinski definition) is 3. The number of hydrogen-bond donors (Lipinski definition) is 0. The second-order valence-corrected chi connectivity index (χ2v) is 5.26. The highest BCUT2D eigenvalue weighted by molar-refractivity contribution is 5.95. The molecule has 0 aliphatic heterocycles. The quantitative estimate of drug-likeness (QED) is 0.769. The van der Waals surface area contributed by atoms with E-state index in [1.165, 1.54) is 12.8 Å². The summed E-state index contributed by atoms with van der Waals surface area (Å²) < 4.78 is 10.5. The molecule has 1 aromatic rings. The van der Waals surface area contributed by atoms with Crippen LogP contribution in [0.1, 0.15) is 36.5 Å². The fourth-order valence-corrected chi connectivity index (χ4v) is 2.31. The van der Waals surface area contributed by atoms with Crippen molar-refractivity contribution in [3.8, 4) is 11.5 Å². The zero-order valence-corrected chi connectivity index (χ0v) is 12.5. The lowest BCUT2D eigenvalue weighted by atomic mass is 10.1. The Morgan fingerprint density at radius 1 is 1.25 bits per heavy atom. The van der Waals surface area contributed by atoms with Gasteiger partial charge < -0.3 is 14.4 Å². The molecule has 0 N–H and O–H groups in total. The Balaban J connectivity index is 2.16. The van der Waals surface area contributed by atoms with E-state index >= 15 is 0 Å². The molecule has 1 aliphatic rings. The number of carbonyl (C=O) groups is 1. The van der Waals surface area contributed by atoms with E-state index in [0.717, 1.165) is 19.5 Å². The molecular weight excluding hydrogens is 254 g/mol. The Morgan fingerprint density at radius 2 is 1.95 bits per heavy atom. The molecule has 1 aromatic carbocycles. The van der Waals surface area contributed by atoms with E-state index in [2.05, 4.69) is 6.92 Å². The lowest BCUT2D eigenvalue weighted by molar-refractivity contribution is 0.0747. The van der Waals surface area contributed by atoms with Gasteiger partial charge in [-0.05, 0) is 43.4 Å². The number of ether oxygens (including phenoxy) is 2. The first kappa shape index (κ1) is 14.7. The lowest BCUT2D eigenvalue weighted by Gasteiger charge is -2.22. The SMILES string of the molecule is CCCN(CC1CC1)C(=O)c1ccc(OC)c(OC)c1. The maximum Gasteiger partial charge on any atom is 0.254 e. The zero-order chi connectivity index (χ0) is 14.5. The van der Waals surface area contributed by atoms with Crippen LogP contribution in [0.3, 0.4) is 0 Å². The van der Waals surface area contributed by atoms with Crippen molar-refractivity contribution in [1.82, 2.24) is 4.90 Å². The van der Waals surface area contributed by atoms with Crippen molar-refractivity contribution < 1.29 is 14.3 Å². The van der Waals surface area contributed by atoms with E-state index in [4.69, 9.17) is 9.47 Å². The summed E-state index contributed by atoms with van der Waals surface area (Å²) in [7, 11) is 3.18. The molecule has 1 saturated carbocycles. The van der Waals surface area contributed by atoms with Gasteiger partial charge in [0, 0.05) is 18.7 Å². The summed E-state index contributed by atoms with van der Waals surface area (Å²) in [4.78, 5) is 14.6. The third-order valence-electron chi connectivity index (χ3n) is 3.59. The van der Waals surface area contributed by atoms with Gasteiger partial charge in [0.05, 0.1) is 14.2 Å². The first-order chi connectivity index (χ1) is 9.69. The van der Waals surface area contributed by atoms with Crippen molar-refractivity contribution in [2.45, 2.75) is 26.2 Å². The van der Waals surface area contributed by atoms with Crippen molar-refractivity contribution in [3.05, 3.63) is 23.8 Å². The van der Waals surface area contributed by atoms with Crippen molar-refractivity contribution in [1.29, 1.82) is 0 Å². The molecule has 0 saturated heterocycles. The molecule has 20 heavy (non-hydrogen) atoms. The summed E-state index contributed by atoms with van der Waals surface area (Å²) in [6.45, 7) is 3.78. The summed E-state index contributed by atoms with van der Waals surface area (Å²) in [5.41, 5.74) is 0.664. The van der Waals surface area contributed by atoms with Gasteiger partial charge in [-0.25, -0.2) is 0 Å². The highest BCUT2D eigenvalue weighted by atomic mass is 16.5. The van der Waals surface area contributed by atoms with Crippen LogP contribution in [0, 0.1) is 5.92 Å². The van der Waals surface area contributed by atoms with Crippen LogP contribution in [0.4, 0.5) is 0 Å². The van der Waals surface area contributed by atoms with Crippen LogP contribution in [-0.4, -0.2) is 38.1 Å². The van der Waals surface area contributed by atoms with Gasteiger partial charge in [0.25, 0.3) is 5.91 Å². The number of rotatable bonds is 7. The van der Waals surface area contributed by atoms with E-state index in [9.17, 15) is 4.79 Å². The Kier molecular flexibility index (Phi) is 4.88. The van der Waals surface area contributed by atoms with Crippen LogP contribution >= 0.6 is 0 Å². The Bertz CT molecular complexity index is 469. The summed E-state index contributed by atoms with van der Waals surface area (Å²) in [5.74, 6) is 2.03. The molecule has 0 atom stereocenters. The highest BCUT2D eigenvalue weighted by Crippen LogP contribution is 2.31. The Morgan fingerprint density at radius 3 is 2.50 bits per heavy atom. The number of benzene rings is 1. The van der Waals surface area contributed by atoms with Gasteiger partial charge >= 0.3 is 0 Å². The van der Waals surface area contributed by atoms with Gasteiger partial charge in [0.15, 0.2) is 11.5 Å². The van der Waals surface area contributed by atoms with E-state index in [-0.39, 0.29) is 5.91 Å². The largest absolute Gasteiger partial charge is 0.493 e. The highest BCUT2D eigenvalue weighted by Gasteiger charge is 2.27. The molecule has 0 radical (unpaired) electrons. The molecule has 0 unspecified atom stereocenters. The van der Waals surface area contributed by atoms with Crippen LogP contribution in [0.5, 0.6) is 11.5 Å². The fourth-order valence-electron chi connectivity index (χ4n) is 2.31. The predicted molar refractivity (Wildman–Crippen MR) is 78.5 cm³/mol. The smallest absolute Gasteiger partial charge is 0.254 e. The standard InChI is InChI=1S/C16H23NO3/c1-4-9-17(11-12-5-6-12)16(18)13-7-8-14(19-2)15(10-13)20-3/h7-8,10,12H,4-6,9,11H2,1-3H3. The van der Waals surface area contributed by atoms with Crippen LogP contribution < -0.4 is 9.47 Å². The van der Waals surface area contributed by atoms with Gasteiger partial charge in [0.2, 0.25) is 0 Å². The summed E-state index contributed by atoms with van der Waals surface area (Å²) in [6, 6.07) is 5.35. The van der Waals surface area contributed by atoms with E-state index in [0.29, 0.717) is 23.0 Å². The van der Waals surface area contributed by atoms with Crippen LogP contribution in [0.15, 0.2) is 18.2 Å². The molecular formula is C16H23NO3. The van der Waals surface area contributed by atoms with Gasteiger partial charge in [-0.2, -0.15) is 0 Å². The van der Waals surface area contributed by atoms with Gasteiger partial charge in [-0.3, -0.25) is 4.79 Å². The van der Waals surface area contributed by atoms with Gasteiger partial charge in [-0.1, -0.05) is 6.92 Å². The Hall–Kier alpha value is -1.71. The second kappa shape index (κ2) is 6.64. The molecule has 1 aliphatic carbocycles. The van der Waals surface area contributed by atoms with Gasteiger partial charge in [0.1, 0.15) is 0 Å². The number of amides is 1. The lowest BCUT2D eigenvalue weighted by Crippen LogP contribution is -2.33. The number of carbonyl (C=O) groups excluding carboxylic acids is 1. The van der Waals surface area contributed by atoms with E-state index < -0.39 is 0 Å². The zero-order valence-electron chi connectivity index (χ0n) is 12.5. The number of nitrogens with zero attached hydrogens (tertiary/aromatic N) is 1. The molecule has 2 rings (SSSR count). The average molecular weight is 277 g/mol. The van der Waals surface area contributed by atoms with Crippen molar-refractivity contribution in [3.63, 3.8) is 0 Å².